The van der Waals surface area contributed by atoms with Gasteiger partial charge in [0, 0.05) is 18.8 Å². The molecule has 1 heterocycles. The summed E-state index contributed by atoms with van der Waals surface area (Å²) in [6.45, 7) is 5.70. The lowest BCUT2D eigenvalue weighted by Crippen LogP contribution is -2.45. The van der Waals surface area contributed by atoms with Crippen molar-refractivity contribution in [2.45, 2.75) is 20.0 Å². The molecule has 104 valence electrons. The van der Waals surface area contributed by atoms with Gasteiger partial charge in [-0.15, -0.1) is 0 Å². The molecule has 1 rings (SSSR count). The number of carbonyl (C=O) groups excluding carboxylic acids is 2. The Balaban J connectivity index is 2.22. The zero-order chi connectivity index (χ0) is 13.5. The fourth-order valence-corrected chi connectivity index (χ4v) is 2.69. The number of hydrogen-bond acceptors (Lipinski definition) is 5. The second-order valence-corrected chi connectivity index (χ2v) is 5.49. The lowest BCUT2D eigenvalue weighted by atomic mass is 10.2. The van der Waals surface area contributed by atoms with Gasteiger partial charge in [0.25, 0.3) is 0 Å². The van der Waals surface area contributed by atoms with Crippen molar-refractivity contribution in [3.8, 4) is 0 Å². The van der Waals surface area contributed by atoms with Crippen LogP contribution in [0.5, 0.6) is 0 Å². The number of morpholine rings is 1. The maximum absolute atomic E-state index is 11.9. The number of carbonyl (C=O) groups is 2. The average Bonchev–Trinajstić information content (AvgIpc) is 2.37. The van der Waals surface area contributed by atoms with Crippen LogP contribution in [0.25, 0.3) is 0 Å². The zero-order valence-corrected chi connectivity index (χ0v) is 12.0. The molecule has 6 heteroatoms. The average molecular weight is 275 g/mol. The summed E-state index contributed by atoms with van der Waals surface area (Å²) >= 11 is 1.48. The van der Waals surface area contributed by atoms with Gasteiger partial charge in [0.2, 0.25) is 5.91 Å². The van der Waals surface area contributed by atoms with E-state index in [0.29, 0.717) is 31.2 Å². The summed E-state index contributed by atoms with van der Waals surface area (Å²) in [6.07, 6.45) is 0.113. The molecule has 1 aliphatic rings. The summed E-state index contributed by atoms with van der Waals surface area (Å²) in [4.78, 5) is 24.9. The Kier molecular flexibility index (Phi) is 6.49. The van der Waals surface area contributed by atoms with Crippen LogP contribution in [-0.4, -0.2) is 61.2 Å². The number of ether oxygens (including phenoxy) is 2. The van der Waals surface area contributed by atoms with Gasteiger partial charge in [0.05, 0.1) is 31.5 Å². The number of hydrogen-bond donors (Lipinski definition) is 0. The molecule has 0 aromatic rings. The first kappa shape index (κ1) is 15.3. The van der Waals surface area contributed by atoms with Crippen molar-refractivity contribution in [3.63, 3.8) is 0 Å². The van der Waals surface area contributed by atoms with Crippen molar-refractivity contribution in [1.82, 2.24) is 4.90 Å². The first-order chi connectivity index (χ1) is 8.54. The molecule has 0 spiro atoms. The maximum atomic E-state index is 11.9. The van der Waals surface area contributed by atoms with Gasteiger partial charge in [-0.05, 0) is 6.92 Å². The van der Waals surface area contributed by atoms with E-state index >= 15 is 0 Å². The first-order valence-electron chi connectivity index (χ1n) is 6.09. The molecule has 0 radical (unpaired) electrons. The number of rotatable bonds is 5. The SMILES string of the molecule is COC(=O)C(C)CSCC(=O)N1CCOC(C)C1. The van der Waals surface area contributed by atoms with Gasteiger partial charge < -0.3 is 14.4 Å². The molecule has 0 bridgehead atoms. The molecular weight excluding hydrogens is 254 g/mol. The van der Waals surface area contributed by atoms with Gasteiger partial charge in [-0.25, -0.2) is 0 Å². The molecule has 0 aromatic carbocycles. The summed E-state index contributed by atoms with van der Waals surface area (Å²) < 4.78 is 10.0. The third-order valence-electron chi connectivity index (χ3n) is 2.79. The van der Waals surface area contributed by atoms with Crippen LogP contribution >= 0.6 is 11.8 Å². The minimum Gasteiger partial charge on any atom is -0.469 e. The second kappa shape index (κ2) is 7.63. The molecule has 1 saturated heterocycles. The van der Waals surface area contributed by atoms with E-state index in [1.54, 1.807) is 6.92 Å². The molecule has 2 unspecified atom stereocenters. The molecule has 1 aliphatic heterocycles. The quantitative estimate of drug-likeness (QED) is 0.694. The van der Waals surface area contributed by atoms with Crippen LogP contribution in [0, 0.1) is 5.92 Å². The fraction of sp³-hybridized carbons (Fsp3) is 0.833. The molecule has 0 aliphatic carbocycles. The molecule has 18 heavy (non-hydrogen) atoms. The maximum Gasteiger partial charge on any atom is 0.309 e. The monoisotopic (exact) mass is 275 g/mol. The van der Waals surface area contributed by atoms with E-state index in [2.05, 4.69) is 4.74 Å². The van der Waals surface area contributed by atoms with E-state index in [-0.39, 0.29) is 23.9 Å². The summed E-state index contributed by atoms with van der Waals surface area (Å²) in [7, 11) is 1.38. The molecule has 0 saturated carbocycles. The van der Waals surface area contributed by atoms with Crippen LogP contribution in [0.3, 0.4) is 0 Å². The normalized spacial score (nSPS) is 21.5. The Hall–Kier alpha value is -0.750. The highest BCUT2D eigenvalue weighted by Gasteiger charge is 2.21. The summed E-state index contributed by atoms with van der Waals surface area (Å²) in [6, 6.07) is 0. The smallest absolute Gasteiger partial charge is 0.309 e. The lowest BCUT2D eigenvalue weighted by Gasteiger charge is -2.31. The van der Waals surface area contributed by atoms with Gasteiger partial charge in [0.1, 0.15) is 0 Å². The topological polar surface area (TPSA) is 55.8 Å². The number of thioether (sulfide) groups is 1. The zero-order valence-electron chi connectivity index (χ0n) is 11.2. The van der Waals surface area contributed by atoms with Crippen molar-refractivity contribution < 1.29 is 19.1 Å². The third-order valence-corrected chi connectivity index (χ3v) is 3.98. The Bertz CT molecular complexity index is 298. The van der Waals surface area contributed by atoms with E-state index in [1.807, 2.05) is 11.8 Å². The minimum absolute atomic E-state index is 0.113. The van der Waals surface area contributed by atoms with Crippen LogP contribution in [0.15, 0.2) is 0 Å². The van der Waals surface area contributed by atoms with Crippen molar-refractivity contribution in [3.05, 3.63) is 0 Å². The number of methoxy groups -OCH3 is 1. The van der Waals surface area contributed by atoms with Crippen LogP contribution < -0.4 is 0 Å². The Morgan fingerprint density at radius 1 is 1.56 bits per heavy atom. The predicted molar refractivity (Wildman–Crippen MR) is 70.5 cm³/mol. The van der Waals surface area contributed by atoms with Gasteiger partial charge >= 0.3 is 5.97 Å². The highest BCUT2D eigenvalue weighted by Crippen LogP contribution is 2.12. The van der Waals surface area contributed by atoms with E-state index in [0.717, 1.165) is 0 Å². The highest BCUT2D eigenvalue weighted by molar-refractivity contribution is 7.99. The summed E-state index contributed by atoms with van der Waals surface area (Å²) in [5.74, 6) is 0.741. The van der Waals surface area contributed by atoms with E-state index in [1.165, 1.54) is 18.9 Å². The number of esters is 1. The predicted octanol–water partition coefficient (Wildman–Crippen LogP) is 0.776. The fourth-order valence-electron chi connectivity index (χ4n) is 1.73. The van der Waals surface area contributed by atoms with Crippen molar-refractivity contribution in [1.29, 1.82) is 0 Å². The standard InChI is InChI=1S/C12H21NO4S/c1-9(12(15)16-3)7-18-8-11(14)13-4-5-17-10(2)6-13/h9-10H,4-8H2,1-3H3. The molecule has 1 amide bonds. The minimum atomic E-state index is -0.227. The van der Waals surface area contributed by atoms with Crippen LogP contribution in [0.2, 0.25) is 0 Å². The largest absolute Gasteiger partial charge is 0.469 e. The van der Waals surface area contributed by atoms with E-state index in [4.69, 9.17) is 4.74 Å². The lowest BCUT2D eigenvalue weighted by molar-refractivity contribution is -0.144. The van der Waals surface area contributed by atoms with Crippen molar-refractivity contribution in [2.75, 3.05) is 38.3 Å². The number of amides is 1. The Morgan fingerprint density at radius 2 is 2.28 bits per heavy atom. The first-order valence-corrected chi connectivity index (χ1v) is 7.25. The number of nitrogens with zero attached hydrogens (tertiary/aromatic N) is 1. The van der Waals surface area contributed by atoms with Crippen LogP contribution in [0.4, 0.5) is 0 Å². The molecular formula is C12H21NO4S. The second-order valence-electron chi connectivity index (χ2n) is 4.46. The Labute approximate surface area is 112 Å². The van der Waals surface area contributed by atoms with Gasteiger partial charge in [0.15, 0.2) is 0 Å². The summed E-state index contributed by atoms with van der Waals surface area (Å²) in [5.41, 5.74) is 0. The van der Waals surface area contributed by atoms with Crippen molar-refractivity contribution in [2.24, 2.45) is 5.92 Å². The molecule has 1 fully saturated rings. The van der Waals surface area contributed by atoms with E-state index < -0.39 is 0 Å². The molecule has 2 atom stereocenters. The molecule has 0 N–H and O–H groups in total. The van der Waals surface area contributed by atoms with Gasteiger partial charge in [-0.1, -0.05) is 6.92 Å². The summed E-state index contributed by atoms with van der Waals surface area (Å²) in [5, 5.41) is 0. The van der Waals surface area contributed by atoms with Crippen LogP contribution in [-0.2, 0) is 19.1 Å². The van der Waals surface area contributed by atoms with Gasteiger partial charge in [-0.3, -0.25) is 9.59 Å². The third kappa shape index (κ3) is 4.86. The highest BCUT2D eigenvalue weighted by atomic mass is 32.2. The Morgan fingerprint density at radius 3 is 2.89 bits per heavy atom. The van der Waals surface area contributed by atoms with E-state index in [9.17, 15) is 9.59 Å². The molecule has 0 aromatic heterocycles. The van der Waals surface area contributed by atoms with Crippen LogP contribution in [0.1, 0.15) is 13.8 Å². The van der Waals surface area contributed by atoms with Gasteiger partial charge in [-0.2, -0.15) is 11.8 Å². The molecule has 5 nitrogen and oxygen atoms in total. The van der Waals surface area contributed by atoms with Crippen molar-refractivity contribution >= 4 is 23.6 Å².